The lowest BCUT2D eigenvalue weighted by Crippen LogP contribution is -2.45. The molecule has 4 rings (SSSR count). The van der Waals surface area contributed by atoms with Gasteiger partial charge < -0.3 is 0 Å². The Bertz CT molecular complexity index is 927. The van der Waals surface area contributed by atoms with Crippen LogP contribution in [0.2, 0.25) is 10.0 Å². The molecular weight excluding hydrogens is 355 g/mol. The maximum atomic E-state index is 6.40. The fraction of sp³-hybridized carbons (Fsp3) is 0. The Balaban J connectivity index is 1.81. The Kier molecular flexibility index (Phi) is 4.22. The van der Waals surface area contributed by atoms with Crippen molar-refractivity contribution in [2.75, 3.05) is 10.2 Å². The van der Waals surface area contributed by atoms with E-state index in [1.165, 1.54) is 0 Å². The summed E-state index contributed by atoms with van der Waals surface area (Å²) in [6, 6.07) is 25.0. The fourth-order valence-electron chi connectivity index (χ4n) is 2.59. The van der Waals surface area contributed by atoms with Crippen molar-refractivity contribution < 1.29 is 0 Å². The molecule has 0 saturated carbocycles. The minimum atomic E-state index is 0.597. The van der Waals surface area contributed by atoms with Crippen molar-refractivity contribution >= 4 is 40.4 Å². The molecule has 0 aliphatic carbocycles. The molecule has 3 aromatic rings. The quantitative estimate of drug-likeness (QED) is 0.697. The molecule has 0 aromatic heterocycles. The van der Waals surface area contributed by atoms with Gasteiger partial charge in [0.25, 0.3) is 0 Å². The normalized spacial score (nSPS) is 13.6. The van der Waals surface area contributed by atoms with E-state index in [4.69, 9.17) is 28.3 Å². The van der Waals surface area contributed by atoms with Gasteiger partial charge in [0.05, 0.1) is 10.0 Å². The largest absolute Gasteiger partial charge is 0.259 e. The molecule has 3 aromatic carbocycles. The van der Waals surface area contributed by atoms with Crippen LogP contribution in [0.15, 0.2) is 84.0 Å². The number of hydrazine groups is 2. The van der Waals surface area contributed by atoms with Crippen molar-refractivity contribution in [1.29, 1.82) is 0 Å². The highest BCUT2D eigenvalue weighted by Crippen LogP contribution is 2.34. The maximum absolute atomic E-state index is 6.40. The molecule has 1 heterocycles. The van der Waals surface area contributed by atoms with Gasteiger partial charge in [-0.15, -0.1) is 10.2 Å². The summed E-state index contributed by atoms with van der Waals surface area (Å²) in [5, 5.41) is 9.41. The lowest BCUT2D eigenvalue weighted by molar-refractivity contribution is 0.771. The van der Waals surface area contributed by atoms with Gasteiger partial charge in [-0.2, -0.15) is 5.12 Å². The second-order valence-corrected chi connectivity index (χ2v) is 6.24. The van der Waals surface area contributed by atoms with E-state index in [9.17, 15) is 0 Å². The number of nitrogens with one attached hydrogen (secondary N) is 1. The molecule has 0 fully saturated rings. The zero-order valence-corrected chi connectivity index (χ0v) is 14.6. The van der Waals surface area contributed by atoms with Crippen LogP contribution in [0.5, 0.6) is 0 Å². The van der Waals surface area contributed by atoms with Gasteiger partial charge in [0.2, 0.25) is 0 Å². The van der Waals surface area contributed by atoms with Gasteiger partial charge >= 0.3 is 0 Å². The molecule has 1 N–H and O–H groups in total. The first-order valence-electron chi connectivity index (χ1n) is 7.74. The predicted octanol–water partition coefficient (Wildman–Crippen LogP) is 5.10. The van der Waals surface area contributed by atoms with Gasteiger partial charge in [0, 0.05) is 5.56 Å². The lowest BCUT2D eigenvalue weighted by atomic mass is 10.2. The summed E-state index contributed by atoms with van der Waals surface area (Å²) in [5.74, 6) is 0.709. The second kappa shape index (κ2) is 6.67. The summed E-state index contributed by atoms with van der Waals surface area (Å²) in [6.07, 6.45) is 0. The Morgan fingerprint density at radius 3 is 1.88 bits per heavy atom. The molecule has 1 aliphatic heterocycles. The van der Waals surface area contributed by atoms with E-state index in [1.54, 1.807) is 10.2 Å². The third-order valence-electron chi connectivity index (χ3n) is 3.79. The first-order chi connectivity index (χ1) is 12.2. The van der Waals surface area contributed by atoms with Gasteiger partial charge in [-0.1, -0.05) is 77.8 Å². The van der Waals surface area contributed by atoms with Crippen LogP contribution in [0, 0.1) is 0 Å². The van der Waals surface area contributed by atoms with Crippen LogP contribution < -0.4 is 15.7 Å². The standard InChI is InChI=1S/C19H14Cl2N4/c20-15-10-4-6-12-17(15)24-22-19(14-8-2-1-3-9-14)23-25(24)18-13-7-5-11-16(18)21/h1-13H,(H,22,23). The molecular formula is C19H14Cl2N4. The average Bonchev–Trinajstić information content (AvgIpc) is 3.08. The lowest BCUT2D eigenvalue weighted by Gasteiger charge is -2.29. The molecule has 124 valence electrons. The molecule has 25 heavy (non-hydrogen) atoms. The van der Waals surface area contributed by atoms with Crippen LogP contribution in [0.4, 0.5) is 11.4 Å². The van der Waals surface area contributed by atoms with Crippen LogP contribution in [-0.4, -0.2) is 5.84 Å². The van der Waals surface area contributed by atoms with Crippen molar-refractivity contribution in [3.8, 4) is 0 Å². The minimum Gasteiger partial charge on any atom is -0.259 e. The number of rotatable bonds is 3. The molecule has 0 radical (unpaired) electrons. The molecule has 4 nitrogen and oxygen atoms in total. The summed E-state index contributed by atoms with van der Waals surface area (Å²) in [5.41, 5.74) is 5.80. The molecule has 1 aliphatic rings. The third-order valence-corrected chi connectivity index (χ3v) is 4.43. The number of benzene rings is 3. The van der Waals surface area contributed by atoms with E-state index in [2.05, 4.69) is 5.43 Å². The summed E-state index contributed by atoms with van der Waals surface area (Å²) < 4.78 is 0. The van der Waals surface area contributed by atoms with Crippen LogP contribution in [-0.2, 0) is 0 Å². The Labute approximate surface area is 155 Å². The SMILES string of the molecule is Clc1ccccc1N1N=C(c2ccccc2)NN1c1ccccc1Cl. The minimum absolute atomic E-state index is 0.597. The zero-order chi connectivity index (χ0) is 17.2. The number of hydrazone groups is 1. The van der Waals surface area contributed by atoms with Gasteiger partial charge in [-0.05, 0) is 24.3 Å². The van der Waals surface area contributed by atoms with Gasteiger partial charge in [-0.25, -0.2) is 0 Å². The summed E-state index contributed by atoms with van der Waals surface area (Å²) in [6.45, 7) is 0. The van der Waals surface area contributed by atoms with Crippen LogP contribution >= 0.6 is 23.2 Å². The third kappa shape index (κ3) is 3.02. The monoisotopic (exact) mass is 368 g/mol. The van der Waals surface area contributed by atoms with Gasteiger partial charge in [-0.3, -0.25) is 5.43 Å². The number of amidine groups is 1. The van der Waals surface area contributed by atoms with Crippen molar-refractivity contribution in [2.24, 2.45) is 5.10 Å². The number of nitrogens with zero attached hydrogens (tertiary/aromatic N) is 3. The van der Waals surface area contributed by atoms with E-state index in [0.29, 0.717) is 15.9 Å². The van der Waals surface area contributed by atoms with E-state index >= 15 is 0 Å². The molecule has 0 atom stereocenters. The van der Waals surface area contributed by atoms with Crippen molar-refractivity contribution in [2.45, 2.75) is 0 Å². The highest BCUT2D eigenvalue weighted by molar-refractivity contribution is 6.34. The van der Waals surface area contributed by atoms with Crippen molar-refractivity contribution in [3.63, 3.8) is 0 Å². The highest BCUT2D eigenvalue weighted by Gasteiger charge is 2.28. The molecule has 0 amide bonds. The summed E-state index contributed by atoms with van der Waals surface area (Å²) in [4.78, 5) is 0. The van der Waals surface area contributed by atoms with E-state index in [1.807, 2.05) is 78.9 Å². The van der Waals surface area contributed by atoms with Crippen molar-refractivity contribution in [1.82, 2.24) is 5.43 Å². The van der Waals surface area contributed by atoms with Gasteiger partial charge in [0.15, 0.2) is 5.84 Å². The van der Waals surface area contributed by atoms with E-state index in [-0.39, 0.29) is 0 Å². The molecule has 0 spiro atoms. The second-order valence-electron chi connectivity index (χ2n) is 5.43. The first kappa shape index (κ1) is 15.8. The average molecular weight is 369 g/mol. The summed E-state index contributed by atoms with van der Waals surface area (Å²) in [7, 11) is 0. The highest BCUT2D eigenvalue weighted by atomic mass is 35.5. The number of anilines is 2. The van der Waals surface area contributed by atoms with E-state index in [0.717, 1.165) is 16.9 Å². The Morgan fingerprint density at radius 2 is 1.24 bits per heavy atom. The number of hydrogen-bond donors (Lipinski definition) is 1. The Morgan fingerprint density at radius 1 is 0.680 bits per heavy atom. The molecule has 0 saturated heterocycles. The molecule has 0 bridgehead atoms. The zero-order valence-electron chi connectivity index (χ0n) is 13.1. The van der Waals surface area contributed by atoms with Crippen LogP contribution in [0.25, 0.3) is 0 Å². The fourth-order valence-corrected chi connectivity index (χ4v) is 3.02. The van der Waals surface area contributed by atoms with E-state index < -0.39 is 0 Å². The topological polar surface area (TPSA) is 30.9 Å². The van der Waals surface area contributed by atoms with Crippen LogP contribution in [0.1, 0.15) is 5.56 Å². The smallest absolute Gasteiger partial charge is 0.176 e. The number of para-hydroxylation sites is 2. The van der Waals surface area contributed by atoms with Gasteiger partial charge in [0.1, 0.15) is 11.4 Å². The van der Waals surface area contributed by atoms with Crippen LogP contribution in [0.3, 0.4) is 0 Å². The predicted molar refractivity (Wildman–Crippen MR) is 104 cm³/mol. The van der Waals surface area contributed by atoms with Crippen molar-refractivity contribution in [3.05, 3.63) is 94.5 Å². The number of hydrogen-bond acceptors (Lipinski definition) is 4. The molecule has 6 heteroatoms. The Hall–Kier alpha value is -2.69. The summed E-state index contributed by atoms with van der Waals surface area (Å²) >= 11 is 12.8. The number of halogens is 2. The molecule has 0 unspecified atom stereocenters. The maximum Gasteiger partial charge on any atom is 0.176 e. The first-order valence-corrected chi connectivity index (χ1v) is 8.49.